The minimum atomic E-state index is -0.498. The molecule has 1 amide bonds. The Labute approximate surface area is 241 Å². The van der Waals surface area contributed by atoms with Gasteiger partial charge in [-0.3, -0.25) is 9.36 Å². The van der Waals surface area contributed by atoms with Crippen molar-refractivity contribution in [2.45, 2.75) is 38.4 Å². The smallest absolute Gasteiger partial charge is 0.350 e. The van der Waals surface area contributed by atoms with Crippen LogP contribution in [0.25, 0.3) is 22.0 Å². The highest BCUT2D eigenvalue weighted by atomic mass is 35.5. The SMILES string of the molecule is C=CC(=O)N1C[C@H](C)N(c2nc(=O)n3c4c(c(-c5cc(Cl)ccc5F)c(Cl)cc24)OCC3CN2CCC2)C[C@H]1C. The van der Waals surface area contributed by atoms with Crippen LogP contribution in [0.2, 0.25) is 10.0 Å². The maximum Gasteiger partial charge on any atom is 0.350 e. The predicted molar refractivity (Wildman–Crippen MR) is 155 cm³/mol. The lowest BCUT2D eigenvalue weighted by atomic mass is 9.99. The van der Waals surface area contributed by atoms with E-state index in [0.717, 1.165) is 19.5 Å². The van der Waals surface area contributed by atoms with Crippen LogP contribution in [0.1, 0.15) is 26.3 Å². The minimum Gasteiger partial charge on any atom is -0.488 e. The quantitative estimate of drug-likeness (QED) is 0.402. The van der Waals surface area contributed by atoms with Crippen molar-refractivity contribution in [3.05, 3.63) is 63.3 Å². The lowest BCUT2D eigenvalue weighted by Gasteiger charge is -2.45. The number of aromatic nitrogens is 2. The molecule has 40 heavy (non-hydrogen) atoms. The number of carbonyl (C=O) groups excluding carboxylic acids is 1. The molecule has 2 fully saturated rings. The molecule has 3 aliphatic heterocycles. The van der Waals surface area contributed by atoms with Gasteiger partial charge in [-0.25, -0.2) is 9.18 Å². The van der Waals surface area contributed by atoms with Crippen molar-refractivity contribution in [2.24, 2.45) is 0 Å². The van der Waals surface area contributed by atoms with Gasteiger partial charge in [0.2, 0.25) is 5.91 Å². The van der Waals surface area contributed by atoms with E-state index in [9.17, 15) is 9.59 Å². The number of halogens is 3. The lowest BCUT2D eigenvalue weighted by Crippen LogP contribution is -2.58. The van der Waals surface area contributed by atoms with E-state index in [2.05, 4.69) is 16.5 Å². The number of nitrogens with zero attached hydrogens (tertiary/aromatic N) is 5. The summed E-state index contributed by atoms with van der Waals surface area (Å²) in [6.07, 6.45) is 2.44. The van der Waals surface area contributed by atoms with Crippen molar-refractivity contribution < 1.29 is 13.9 Å². The fourth-order valence-corrected chi connectivity index (χ4v) is 6.53. The third kappa shape index (κ3) is 4.44. The van der Waals surface area contributed by atoms with Gasteiger partial charge in [0.1, 0.15) is 18.2 Å². The molecule has 2 saturated heterocycles. The zero-order valence-corrected chi connectivity index (χ0v) is 23.9. The summed E-state index contributed by atoms with van der Waals surface area (Å²) in [6, 6.07) is 5.47. The maximum atomic E-state index is 15.1. The van der Waals surface area contributed by atoms with E-state index in [4.69, 9.17) is 27.9 Å². The second kappa shape index (κ2) is 10.4. The summed E-state index contributed by atoms with van der Waals surface area (Å²) in [4.78, 5) is 36.9. The number of piperazine rings is 1. The second-order valence-electron chi connectivity index (χ2n) is 10.8. The van der Waals surface area contributed by atoms with Crippen molar-refractivity contribution in [1.29, 1.82) is 0 Å². The Morgan fingerprint density at radius 3 is 2.67 bits per heavy atom. The average molecular weight is 586 g/mol. The van der Waals surface area contributed by atoms with E-state index < -0.39 is 11.5 Å². The van der Waals surface area contributed by atoms with Crippen LogP contribution in [0.4, 0.5) is 10.2 Å². The van der Waals surface area contributed by atoms with Gasteiger partial charge < -0.3 is 19.4 Å². The Morgan fingerprint density at radius 2 is 1.98 bits per heavy atom. The lowest BCUT2D eigenvalue weighted by molar-refractivity contribution is -0.128. The van der Waals surface area contributed by atoms with E-state index in [0.29, 0.717) is 52.7 Å². The number of carbonyl (C=O) groups is 1. The molecule has 0 N–H and O–H groups in total. The Morgan fingerprint density at radius 1 is 1.20 bits per heavy atom. The molecule has 0 saturated carbocycles. The number of rotatable bonds is 5. The molecule has 1 unspecified atom stereocenters. The van der Waals surface area contributed by atoms with Gasteiger partial charge in [-0.2, -0.15) is 4.98 Å². The van der Waals surface area contributed by atoms with Crippen LogP contribution in [-0.2, 0) is 4.79 Å². The Balaban J connectivity index is 1.57. The first-order valence-electron chi connectivity index (χ1n) is 13.5. The molecule has 0 spiro atoms. The van der Waals surface area contributed by atoms with Crippen molar-refractivity contribution in [2.75, 3.05) is 44.2 Å². The standard InChI is InChI=1S/C29H30Cl2FN5O3/c1-4-24(38)35-12-17(3)36(13-16(35)2)28-21-11-22(31)25(20-10-18(30)6-7-23(20)32)27-26(21)37(29(39)33-28)19(15-40-27)14-34-8-5-9-34/h4,6-7,10-11,16-17,19H,1,5,8-9,12-15H2,2-3H3/t16-,17+,19?/m1/s1. The summed E-state index contributed by atoms with van der Waals surface area (Å²) in [6.45, 7) is 11.3. The number of benzene rings is 2. The average Bonchev–Trinajstić information content (AvgIpc) is 2.90. The molecule has 2 aromatic carbocycles. The fourth-order valence-electron chi connectivity index (χ4n) is 6.06. The molecule has 3 aromatic rings. The summed E-state index contributed by atoms with van der Waals surface area (Å²) >= 11 is 13.1. The molecular weight excluding hydrogens is 556 g/mol. The van der Waals surface area contributed by atoms with Gasteiger partial charge in [-0.05, 0) is 63.7 Å². The van der Waals surface area contributed by atoms with Crippen LogP contribution < -0.4 is 15.3 Å². The zero-order valence-electron chi connectivity index (χ0n) is 22.4. The van der Waals surface area contributed by atoms with E-state index >= 15 is 4.39 Å². The maximum absolute atomic E-state index is 15.1. The Kier molecular flexibility index (Phi) is 7.01. The van der Waals surface area contributed by atoms with Crippen molar-refractivity contribution in [3.8, 4) is 16.9 Å². The van der Waals surface area contributed by atoms with Gasteiger partial charge in [0.25, 0.3) is 0 Å². The van der Waals surface area contributed by atoms with Crippen LogP contribution in [0.15, 0.2) is 41.7 Å². The number of ether oxygens (including phenoxy) is 1. The first kappa shape index (κ1) is 27.1. The molecule has 210 valence electrons. The number of hydrogen-bond acceptors (Lipinski definition) is 6. The molecular formula is C29H30Cl2FN5O3. The molecule has 0 radical (unpaired) electrons. The van der Waals surface area contributed by atoms with Gasteiger partial charge in [0, 0.05) is 53.3 Å². The summed E-state index contributed by atoms with van der Waals surface area (Å²) < 4.78 is 23.2. The first-order chi connectivity index (χ1) is 19.2. The van der Waals surface area contributed by atoms with Crippen LogP contribution in [-0.4, -0.2) is 76.7 Å². The number of likely N-dealkylation sites (tertiary alicyclic amines) is 1. The topological polar surface area (TPSA) is 70.9 Å². The second-order valence-corrected chi connectivity index (χ2v) is 11.7. The molecule has 3 aliphatic rings. The predicted octanol–water partition coefficient (Wildman–Crippen LogP) is 4.76. The Bertz CT molecular complexity index is 1590. The Hall–Kier alpha value is -3.14. The third-order valence-corrected chi connectivity index (χ3v) is 8.75. The molecule has 6 rings (SSSR count). The van der Waals surface area contributed by atoms with E-state index in [1.54, 1.807) is 15.5 Å². The highest BCUT2D eigenvalue weighted by Gasteiger charge is 2.37. The van der Waals surface area contributed by atoms with E-state index in [1.807, 2.05) is 18.7 Å². The number of hydrogen-bond donors (Lipinski definition) is 0. The molecule has 4 heterocycles. The zero-order chi connectivity index (χ0) is 28.3. The minimum absolute atomic E-state index is 0.137. The summed E-state index contributed by atoms with van der Waals surface area (Å²) in [7, 11) is 0. The van der Waals surface area contributed by atoms with Crippen molar-refractivity contribution >= 4 is 45.8 Å². The summed E-state index contributed by atoms with van der Waals surface area (Å²) in [5.74, 6) is 0.172. The van der Waals surface area contributed by atoms with Crippen molar-refractivity contribution in [1.82, 2.24) is 19.4 Å². The molecule has 11 heteroatoms. The number of anilines is 1. The fraction of sp³-hybridized carbons (Fsp3) is 0.414. The largest absolute Gasteiger partial charge is 0.488 e. The van der Waals surface area contributed by atoms with Crippen LogP contribution in [0.3, 0.4) is 0 Å². The van der Waals surface area contributed by atoms with Crippen LogP contribution in [0, 0.1) is 5.82 Å². The summed E-state index contributed by atoms with van der Waals surface area (Å²) in [5.41, 5.74) is 0.688. The van der Waals surface area contributed by atoms with Gasteiger partial charge in [0.15, 0.2) is 5.75 Å². The van der Waals surface area contributed by atoms with Gasteiger partial charge in [0.05, 0.1) is 16.6 Å². The van der Waals surface area contributed by atoms with Crippen molar-refractivity contribution in [3.63, 3.8) is 0 Å². The van der Waals surface area contributed by atoms with Gasteiger partial charge >= 0.3 is 5.69 Å². The molecule has 0 aliphatic carbocycles. The van der Waals surface area contributed by atoms with Gasteiger partial charge in [-0.15, -0.1) is 0 Å². The highest BCUT2D eigenvalue weighted by molar-refractivity contribution is 6.35. The first-order valence-corrected chi connectivity index (χ1v) is 14.2. The van der Waals surface area contributed by atoms with Crippen LogP contribution in [0.5, 0.6) is 5.75 Å². The monoisotopic (exact) mass is 585 g/mol. The van der Waals surface area contributed by atoms with E-state index in [-0.39, 0.29) is 41.2 Å². The molecule has 0 bridgehead atoms. The highest BCUT2D eigenvalue weighted by Crippen LogP contribution is 2.47. The third-order valence-electron chi connectivity index (χ3n) is 8.21. The molecule has 3 atom stereocenters. The van der Waals surface area contributed by atoms with Crippen LogP contribution >= 0.6 is 23.2 Å². The number of amides is 1. The molecule has 8 nitrogen and oxygen atoms in total. The molecule has 1 aromatic heterocycles. The normalized spacial score (nSPS) is 22.7. The van der Waals surface area contributed by atoms with Gasteiger partial charge in [-0.1, -0.05) is 29.8 Å². The summed E-state index contributed by atoms with van der Waals surface area (Å²) in [5, 5.41) is 1.26. The van der Waals surface area contributed by atoms with E-state index in [1.165, 1.54) is 24.3 Å².